The molecule has 7 heavy (non-hydrogen) atoms. The van der Waals surface area contributed by atoms with Crippen LogP contribution >= 0.6 is 21.7 Å². The summed E-state index contributed by atoms with van der Waals surface area (Å²) in [5.41, 5.74) is -0.394. The molecule has 0 spiro atoms. The number of carbonyl (C=O) groups is 1. The summed E-state index contributed by atoms with van der Waals surface area (Å²) in [5, 5.41) is 0. The molecule has 5 heteroatoms. The van der Waals surface area contributed by atoms with Gasteiger partial charge in [0.05, 0.1) is 7.11 Å². The van der Waals surface area contributed by atoms with E-state index >= 15 is 0 Å². The molecule has 3 nitrogen and oxygen atoms in total. The van der Waals surface area contributed by atoms with Crippen LogP contribution in [0.5, 0.6) is 0 Å². The van der Waals surface area contributed by atoms with E-state index in [1.807, 2.05) is 0 Å². The van der Waals surface area contributed by atoms with Gasteiger partial charge in [-0.3, -0.25) is 3.97 Å². The number of rotatable bonds is 2. The molecule has 0 N–H and O–H groups in total. The predicted octanol–water partition coefficient (Wildman–Crippen LogP) is 1.21. The lowest BCUT2D eigenvalue weighted by Gasteiger charge is -1.90. The summed E-state index contributed by atoms with van der Waals surface area (Å²) in [6.07, 6.45) is 0. The van der Waals surface area contributed by atoms with Crippen molar-refractivity contribution >= 4 is 27.4 Å². The van der Waals surface area contributed by atoms with E-state index < -0.39 is 5.71 Å². The molecule has 1 unspecified atom stereocenters. The first-order chi connectivity index (χ1) is 3.31. The Labute approximate surface area is 48.9 Å². The molecule has 0 saturated heterocycles. The van der Waals surface area contributed by atoms with E-state index in [1.54, 1.807) is 0 Å². The Morgan fingerprint density at radius 1 is 1.86 bits per heavy atom. The van der Waals surface area contributed by atoms with E-state index in [-0.39, 0.29) is 8.81 Å². The molecule has 1 atom stereocenters. The first kappa shape index (κ1) is 7.21. The van der Waals surface area contributed by atoms with E-state index in [2.05, 4.69) is 21.6 Å². The second-order valence-corrected chi connectivity index (χ2v) is 2.03. The van der Waals surface area contributed by atoms with Crippen LogP contribution in [0.25, 0.3) is 0 Å². The van der Waals surface area contributed by atoms with E-state index in [0.717, 1.165) is 0 Å². The van der Waals surface area contributed by atoms with Crippen molar-refractivity contribution in [2.75, 3.05) is 7.11 Å². The van der Waals surface area contributed by atoms with Crippen LogP contribution in [0.3, 0.4) is 0 Å². The van der Waals surface area contributed by atoms with Gasteiger partial charge in [-0.1, -0.05) is 0 Å². The molecule has 0 aliphatic rings. The molecule has 0 aliphatic carbocycles. The lowest BCUT2D eigenvalue weighted by atomic mass is 11.5. The zero-order valence-corrected chi connectivity index (χ0v) is 5.57. The highest BCUT2D eigenvalue weighted by molar-refractivity contribution is 7.80. The fourth-order valence-corrected chi connectivity index (χ4v) is 0.460. The number of carbonyl (C=O) groups excluding carboxylic acids is 1. The van der Waals surface area contributed by atoms with Crippen molar-refractivity contribution in [1.82, 2.24) is 0 Å². The smallest absolute Gasteiger partial charge is 0.352 e. The van der Waals surface area contributed by atoms with Crippen molar-refractivity contribution in [1.29, 1.82) is 0 Å². The molecule has 0 radical (unpaired) electrons. The monoisotopic (exact) mass is 140 g/mol. The lowest BCUT2D eigenvalue weighted by Crippen LogP contribution is -1.85. The molecule has 0 amide bonds. The summed E-state index contributed by atoms with van der Waals surface area (Å²) in [7, 11) is 0.986. The fraction of sp³-hybridized carbons (Fsp3) is 0.500. The van der Waals surface area contributed by atoms with Crippen LogP contribution in [0.2, 0.25) is 0 Å². The van der Waals surface area contributed by atoms with Crippen LogP contribution in [0.4, 0.5) is 4.79 Å². The maximum absolute atomic E-state index is 10.0. The summed E-state index contributed by atoms with van der Waals surface area (Å²) in [6.45, 7) is 0. The third-order valence-corrected chi connectivity index (χ3v) is 1.05. The summed E-state index contributed by atoms with van der Waals surface area (Å²) >= 11 is 3.33. The van der Waals surface area contributed by atoms with Crippen molar-refractivity contribution in [2.24, 2.45) is 0 Å². The second kappa shape index (κ2) is 4.37. The van der Waals surface area contributed by atoms with E-state index in [0.29, 0.717) is 0 Å². The number of hydrogen-bond acceptors (Lipinski definition) is 4. The van der Waals surface area contributed by atoms with Crippen molar-refractivity contribution < 1.29 is 13.5 Å². The first-order valence-electron chi connectivity index (χ1n) is 1.45. The number of hydrogen-bond donors (Lipinski definition) is 1. The lowest BCUT2D eigenvalue weighted by molar-refractivity contribution is 0.198. The Hall–Kier alpha value is 0.210. The van der Waals surface area contributed by atoms with Crippen LogP contribution in [-0.2, 0) is 8.71 Å². The van der Waals surface area contributed by atoms with Gasteiger partial charge in [0.25, 0.3) is 0 Å². The number of thiol groups is 1. The maximum Gasteiger partial charge on any atom is 0.352 e. The van der Waals surface area contributed by atoms with Gasteiger partial charge in [-0.15, -0.1) is 0 Å². The Balaban J connectivity index is 3.00. The molecule has 0 saturated carbocycles. The molecule has 0 fully saturated rings. The highest BCUT2D eigenvalue weighted by Gasteiger charge is 1.94. The van der Waals surface area contributed by atoms with Crippen LogP contribution in [0, 0.1) is 0 Å². The van der Waals surface area contributed by atoms with Crippen LogP contribution < -0.4 is 0 Å². The normalized spacial score (nSPS) is 10.0. The Morgan fingerprint density at radius 3 is 2.57 bits per heavy atom. The third kappa shape index (κ3) is 4.05. The van der Waals surface area contributed by atoms with Gasteiger partial charge < -0.3 is 4.74 Å². The molecule has 0 aliphatic heterocycles. The van der Waals surface area contributed by atoms with Gasteiger partial charge in [0.15, 0.2) is 0 Å². The average molecular weight is 140 g/mol. The minimum absolute atomic E-state index is 0.308. The minimum Gasteiger partial charge on any atom is -0.464 e. The largest absolute Gasteiger partial charge is 0.464 e. The Kier molecular flexibility index (Phi) is 4.50. The molecule has 0 bridgehead atoms. The Morgan fingerprint density at radius 2 is 2.43 bits per heavy atom. The van der Waals surface area contributed by atoms with Gasteiger partial charge in [-0.25, -0.2) is 4.79 Å². The van der Waals surface area contributed by atoms with E-state index in [1.165, 1.54) is 7.11 Å². The standard InChI is InChI=1S/C2H5O3PS/c1-4-2(3)6-5-7/h6-7H,1H3. The zero-order chi connectivity index (χ0) is 5.70. The van der Waals surface area contributed by atoms with Crippen LogP contribution in [0.15, 0.2) is 0 Å². The quantitative estimate of drug-likeness (QED) is 0.355. The molecular formula is C2H5O3PS. The van der Waals surface area contributed by atoms with Crippen molar-refractivity contribution in [2.45, 2.75) is 0 Å². The maximum atomic E-state index is 10.0. The molecule has 0 aromatic rings. The topological polar surface area (TPSA) is 35.5 Å². The predicted molar refractivity (Wildman–Crippen MR) is 30.8 cm³/mol. The molecule has 0 aromatic carbocycles. The highest BCUT2D eigenvalue weighted by Crippen LogP contribution is 2.15. The number of ether oxygens (including phenoxy) is 1. The van der Waals surface area contributed by atoms with E-state index in [4.69, 9.17) is 0 Å². The van der Waals surface area contributed by atoms with Crippen molar-refractivity contribution in [3.05, 3.63) is 0 Å². The van der Waals surface area contributed by atoms with E-state index in [9.17, 15) is 4.79 Å². The minimum atomic E-state index is -0.394. The van der Waals surface area contributed by atoms with Crippen LogP contribution in [-0.4, -0.2) is 12.8 Å². The molecule has 0 rings (SSSR count). The average Bonchev–Trinajstić information content (AvgIpc) is 1.68. The summed E-state index contributed by atoms with van der Waals surface area (Å²) in [5.74, 6) is 0. The second-order valence-electron chi connectivity index (χ2n) is 0.685. The van der Waals surface area contributed by atoms with Gasteiger partial charge in [-0.2, -0.15) is 0 Å². The molecule has 0 aromatic heterocycles. The Bertz CT molecular complexity index is 66.0. The summed E-state index contributed by atoms with van der Waals surface area (Å²) in [4.78, 5) is 10.0. The number of methoxy groups -OCH3 is 1. The van der Waals surface area contributed by atoms with Crippen molar-refractivity contribution in [3.63, 3.8) is 0 Å². The van der Waals surface area contributed by atoms with Crippen molar-refractivity contribution in [3.8, 4) is 0 Å². The SMILES string of the molecule is COC(=O)POS. The van der Waals surface area contributed by atoms with Crippen LogP contribution in [0.1, 0.15) is 0 Å². The molecule has 42 valence electrons. The zero-order valence-electron chi connectivity index (χ0n) is 3.67. The summed E-state index contributed by atoms with van der Waals surface area (Å²) < 4.78 is 8.33. The van der Waals surface area contributed by atoms with Gasteiger partial charge in [0.2, 0.25) is 0 Å². The van der Waals surface area contributed by atoms with Gasteiger partial charge in [0.1, 0.15) is 8.81 Å². The molecule has 0 heterocycles. The van der Waals surface area contributed by atoms with Gasteiger partial charge in [0, 0.05) is 0 Å². The fourth-order valence-electron chi connectivity index (χ4n) is 0.0789. The summed E-state index contributed by atoms with van der Waals surface area (Å²) in [6, 6.07) is 0. The molecular weight excluding hydrogens is 135 g/mol. The highest BCUT2D eigenvalue weighted by atomic mass is 32.1. The van der Waals surface area contributed by atoms with Gasteiger partial charge >= 0.3 is 5.71 Å². The third-order valence-electron chi connectivity index (χ3n) is 0.314. The van der Waals surface area contributed by atoms with Gasteiger partial charge in [-0.05, 0) is 12.9 Å². The first-order valence-corrected chi connectivity index (χ1v) is 2.73.